The summed E-state index contributed by atoms with van der Waals surface area (Å²) in [5, 5.41) is 33.0. The van der Waals surface area contributed by atoms with E-state index in [-0.39, 0.29) is 11.3 Å². The maximum Gasteiger partial charge on any atom is 0.226 e. The first kappa shape index (κ1) is 20.0. The minimum atomic E-state index is -1.24. The van der Waals surface area contributed by atoms with Crippen LogP contribution in [0, 0.1) is 0 Å². The lowest BCUT2D eigenvalue weighted by Gasteiger charge is -2.17. The highest BCUT2D eigenvalue weighted by Crippen LogP contribution is 2.32. The van der Waals surface area contributed by atoms with Crippen LogP contribution in [0.1, 0.15) is 18.7 Å². The first-order valence-electron chi connectivity index (χ1n) is 9.31. The van der Waals surface area contributed by atoms with Gasteiger partial charge in [-0.2, -0.15) is 9.97 Å². The monoisotopic (exact) mass is 419 g/mol. The fourth-order valence-corrected chi connectivity index (χ4v) is 3.70. The van der Waals surface area contributed by atoms with Crippen molar-refractivity contribution in [1.82, 2.24) is 19.5 Å². The van der Waals surface area contributed by atoms with Gasteiger partial charge in [-0.3, -0.25) is 4.57 Å². The molecule has 2 aromatic heterocycles. The van der Waals surface area contributed by atoms with Gasteiger partial charge >= 0.3 is 0 Å². The number of benzene rings is 1. The van der Waals surface area contributed by atoms with Crippen LogP contribution in [0.2, 0.25) is 5.28 Å². The average Bonchev–Trinajstić information content (AvgIpc) is 3.24. The molecule has 29 heavy (non-hydrogen) atoms. The molecule has 3 aromatic rings. The summed E-state index contributed by atoms with van der Waals surface area (Å²) in [7, 11) is 0. The van der Waals surface area contributed by atoms with Crippen molar-refractivity contribution in [3.8, 4) is 0 Å². The largest absolute Gasteiger partial charge is 0.394 e. The summed E-state index contributed by atoms with van der Waals surface area (Å²) in [6, 6.07) is 10.1. The van der Waals surface area contributed by atoms with Crippen LogP contribution < -0.4 is 5.32 Å². The van der Waals surface area contributed by atoms with Crippen molar-refractivity contribution in [3.63, 3.8) is 0 Å². The van der Waals surface area contributed by atoms with E-state index in [1.165, 1.54) is 16.5 Å². The summed E-state index contributed by atoms with van der Waals surface area (Å²) in [6.45, 7) is 1.61. The summed E-state index contributed by atoms with van der Waals surface area (Å²) in [5.74, 6) is 0.467. The highest BCUT2D eigenvalue weighted by Gasteiger charge is 2.44. The molecule has 3 heterocycles. The van der Waals surface area contributed by atoms with Gasteiger partial charge in [0.1, 0.15) is 18.3 Å². The molecule has 5 atom stereocenters. The van der Waals surface area contributed by atoms with Crippen LogP contribution in [0.5, 0.6) is 0 Å². The van der Waals surface area contributed by atoms with E-state index in [9.17, 15) is 15.3 Å². The quantitative estimate of drug-likeness (QED) is 0.438. The van der Waals surface area contributed by atoms with Crippen LogP contribution in [0.25, 0.3) is 11.2 Å². The zero-order valence-corrected chi connectivity index (χ0v) is 16.4. The number of rotatable bonds is 6. The van der Waals surface area contributed by atoms with Crippen molar-refractivity contribution in [2.24, 2.45) is 0 Å². The van der Waals surface area contributed by atoms with Crippen LogP contribution in [0.4, 0.5) is 5.82 Å². The van der Waals surface area contributed by atoms with Crippen molar-refractivity contribution >= 4 is 28.6 Å². The number of halogens is 1. The molecule has 0 amide bonds. The standard InChI is InChI=1S/C19H22ClN5O4/c1-10(7-11-5-3-2-4-6-11)22-16-13-17(24-19(20)23-16)25(9-21-13)18-15(28)14(27)12(8-26)29-18/h2-6,9-10,12,14-15,18,26-28H,7-8H2,1H3,(H,22,23,24)/t10-,12-,14-,15-,18-/m1/s1. The third kappa shape index (κ3) is 3.92. The number of fused-ring (bicyclic) bond motifs is 1. The molecule has 1 fully saturated rings. The smallest absolute Gasteiger partial charge is 0.226 e. The zero-order valence-electron chi connectivity index (χ0n) is 15.7. The molecule has 0 aliphatic carbocycles. The Balaban J connectivity index is 1.62. The minimum absolute atomic E-state index is 0.0143. The number of aromatic nitrogens is 4. The molecule has 1 aromatic carbocycles. The van der Waals surface area contributed by atoms with E-state index in [2.05, 4.69) is 32.4 Å². The highest BCUT2D eigenvalue weighted by molar-refractivity contribution is 6.28. The van der Waals surface area contributed by atoms with E-state index in [1.54, 1.807) is 0 Å². The van der Waals surface area contributed by atoms with Gasteiger partial charge < -0.3 is 25.4 Å². The lowest BCUT2D eigenvalue weighted by atomic mass is 10.1. The Hall–Kier alpha value is -2.30. The van der Waals surface area contributed by atoms with E-state index < -0.39 is 31.1 Å². The Morgan fingerprint density at radius 2 is 1.97 bits per heavy atom. The molecular weight excluding hydrogens is 398 g/mol. The van der Waals surface area contributed by atoms with Crippen molar-refractivity contribution in [3.05, 3.63) is 47.5 Å². The average molecular weight is 420 g/mol. The van der Waals surface area contributed by atoms with Gasteiger partial charge in [0.2, 0.25) is 5.28 Å². The number of imidazole rings is 1. The number of aliphatic hydroxyl groups is 3. The lowest BCUT2D eigenvalue weighted by molar-refractivity contribution is -0.0511. The Labute approximate surface area is 172 Å². The van der Waals surface area contributed by atoms with E-state index >= 15 is 0 Å². The van der Waals surface area contributed by atoms with Gasteiger partial charge in [-0.15, -0.1) is 0 Å². The Kier molecular flexibility index (Phi) is 5.66. The summed E-state index contributed by atoms with van der Waals surface area (Å²) in [4.78, 5) is 12.8. The Morgan fingerprint density at radius 3 is 2.66 bits per heavy atom. The molecule has 154 valence electrons. The fourth-order valence-electron chi connectivity index (χ4n) is 3.54. The van der Waals surface area contributed by atoms with E-state index in [1.807, 2.05) is 25.1 Å². The molecule has 4 rings (SSSR count). The molecule has 10 heteroatoms. The van der Waals surface area contributed by atoms with Crippen LogP contribution in [0.15, 0.2) is 36.7 Å². The maximum absolute atomic E-state index is 10.3. The molecule has 0 spiro atoms. The van der Waals surface area contributed by atoms with Gasteiger partial charge in [-0.25, -0.2) is 4.98 Å². The van der Waals surface area contributed by atoms with Crippen molar-refractivity contribution in [1.29, 1.82) is 0 Å². The van der Waals surface area contributed by atoms with E-state index in [4.69, 9.17) is 16.3 Å². The molecule has 4 N–H and O–H groups in total. The fraction of sp³-hybridized carbons (Fsp3) is 0.421. The molecule has 1 aliphatic rings. The first-order valence-corrected chi connectivity index (χ1v) is 9.68. The molecule has 1 saturated heterocycles. The van der Waals surface area contributed by atoms with E-state index in [0.717, 1.165) is 6.42 Å². The van der Waals surface area contributed by atoms with Gasteiger partial charge in [-0.1, -0.05) is 30.3 Å². The number of hydrogen-bond acceptors (Lipinski definition) is 8. The predicted molar refractivity (Wildman–Crippen MR) is 107 cm³/mol. The second-order valence-corrected chi connectivity index (χ2v) is 7.47. The number of nitrogens with one attached hydrogen (secondary N) is 1. The number of ether oxygens (including phenoxy) is 1. The predicted octanol–water partition coefficient (Wildman–Crippen LogP) is 1.13. The molecule has 0 saturated carbocycles. The number of nitrogens with zero attached hydrogens (tertiary/aromatic N) is 4. The lowest BCUT2D eigenvalue weighted by Crippen LogP contribution is -2.33. The van der Waals surface area contributed by atoms with Crippen LogP contribution in [0.3, 0.4) is 0 Å². The summed E-state index contributed by atoms with van der Waals surface area (Å²) in [5.41, 5.74) is 2.00. The second kappa shape index (κ2) is 8.21. The SMILES string of the molecule is C[C@H](Cc1ccccc1)Nc1nc(Cl)nc2c1ncn2[C@@H]1O[C@H](CO)[C@@H](O)[C@H]1O. The van der Waals surface area contributed by atoms with Gasteiger partial charge in [-0.05, 0) is 30.5 Å². The van der Waals surface area contributed by atoms with Gasteiger partial charge in [0.15, 0.2) is 23.2 Å². The van der Waals surface area contributed by atoms with Crippen molar-refractivity contribution in [2.75, 3.05) is 11.9 Å². The molecule has 0 unspecified atom stereocenters. The first-order chi connectivity index (χ1) is 14.0. The van der Waals surface area contributed by atoms with Crippen molar-refractivity contribution in [2.45, 2.75) is 43.9 Å². The van der Waals surface area contributed by atoms with Gasteiger partial charge in [0.25, 0.3) is 0 Å². The van der Waals surface area contributed by atoms with Gasteiger partial charge in [0, 0.05) is 6.04 Å². The Bertz CT molecular complexity index is 985. The second-order valence-electron chi connectivity index (χ2n) is 7.13. The highest BCUT2D eigenvalue weighted by atomic mass is 35.5. The van der Waals surface area contributed by atoms with Crippen LogP contribution >= 0.6 is 11.6 Å². The molecular formula is C19H22ClN5O4. The summed E-state index contributed by atoms with van der Waals surface area (Å²) in [6.07, 6.45) is -2.08. The topological polar surface area (TPSA) is 126 Å². The zero-order chi connectivity index (χ0) is 20.5. The van der Waals surface area contributed by atoms with Crippen LogP contribution in [-0.2, 0) is 11.2 Å². The molecule has 0 bridgehead atoms. The van der Waals surface area contributed by atoms with Gasteiger partial charge in [0.05, 0.1) is 12.9 Å². The third-order valence-corrected chi connectivity index (χ3v) is 5.12. The summed E-state index contributed by atoms with van der Waals surface area (Å²) >= 11 is 6.13. The van der Waals surface area contributed by atoms with Crippen molar-refractivity contribution < 1.29 is 20.1 Å². The Morgan fingerprint density at radius 1 is 1.21 bits per heavy atom. The molecule has 1 aliphatic heterocycles. The molecule has 0 radical (unpaired) electrons. The molecule has 9 nitrogen and oxygen atoms in total. The third-order valence-electron chi connectivity index (χ3n) is 4.95. The normalized spacial score (nSPS) is 25.4. The maximum atomic E-state index is 10.3. The van der Waals surface area contributed by atoms with E-state index in [0.29, 0.717) is 17.0 Å². The number of anilines is 1. The number of aliphatic hydroxyl groups excluding tert-OH is 3. The minimum Gasteiger partial charge on any atom is -0.394 e. The van der Waals surface area contributed by atoms with Crippen LogP contribution in [-0.4, -0.2) is 65.8 Å². The summed E-state index contributed by atoms with van der Waals surface area (Å²) < 4.78 is 7.06. The number of hydrogen-bond donors (Lipinski definition) is 4.